The molecule has 0 radical (unpaired) electrons. The summed E-state index contributed by atoms with van der Waals surface area (Å²) in [7, 11) is 0. The summed E-state index contributed by atoms with van der Waals surface area (Å²) < 4.78 is 11.9. The van der Waals surface area contributed by atoms with E-state index in [1.54, 1.807) is 12.1 Å². The molecule has 0 atom stereocenters. The molecule has 0 fully saturated rings. The predicted molar refractivity (Wildman–Crippen MR) is 129 cm³/mol. The first kappa shape index (κ1) is 29.1. The molecular formula is C21H30Cl4N2O3. The largest absolute Gasteiger partial charge is 0.490 e. The average molecular weight is 500 g/mol. The Labute approximate surface area is 201 Å². The Kier molecular flexibility index (Phi) is 16.2. The van der Waals surface area contributed by atoms with Crippen LogP contribution in [-0.2, 0) is 13.2 Å². The molecule has 0 aliphatic heterocycles. The van der Waals surface area contributed by atoms with Crippen molar-refractivity contribution in [3.8, 4) is 11.5 Å². The second-order valence-electron chi connectivity index (χ2n) is 6.21. The highest BCUT2D eigenvalue weighted by Gasteiger charge is 2.12. The van der Waals surface area contributed by atoms with E-state index in [1.807, 2.05) is 31.2 Å². The van der Waals surface area contributed by atoms with Crippen LogP contribution < -0.4 is 20.1 Å². The molecule has 0 aliphatic rings. The van der Waals surface area contributed by atoms with E-state index < -0.39 is 0 Å². The van der Waals surface area contributed by atoms with Crippen LogP contribution in [0, 0.1) is 0 Å². The molecule has 2 rings (SSSR count). The smallest absolute Gasteiger partial charge is 0.166 e. The van der Waals surface area contributed by atoms with E-state index in [4.69, 9.17) is 37.8 Å². The lowest BCUT2D eigenvalue weighted by Crippen LogP contribution is -2.24. The third-order valence-electron chi connectivity index (χ3n) is 4.06. The minimum atomic E-state index is 0. The van der Waals surface area contributed by atoms with Gasteiger partial charge < -0.3 is 25.2 Å². The summed E-state index contributed by atoms with van der Waals surface area (Å²) in [4.78, 5) is 0. The Morgan fingerprint density at radius 2 is 1.70 bits per heavy atom. The number of para-hydroxylation sites is 1. The first-order valence-electron chi connectivity index (χ1n) is 9.49. The van der Waals surface area contributed by atoms with Gasteiger partial charge in [-0.15, -0.1) is 24.8 Å². The van der Waals surface area contributed by atoms with Crippen molar-refractivity contribution in [3.63, 3.8) is 0 Å². The molecule has 0 aromatic heterocycles. The summed E-state index contributed by atoms with van der Waals surface area (Å²) in [5.74, 6) is 1.44. The topological polar surface area (TPSA) is 62.8 Å². The zero-order chi connectivity index (χ0) is 20.2. The quantitative estimate of drug-likeness (QED) is 0.343. The minimum Gasteiger partial charge on any atom is -0.490 e. The van der Waals surface area contributed by atoms with Crippen LogP contribution in [0.4, 0.5) is 0 Å². The lowest BCUT2D eigenvalue weighted by atomic mass is 10.1. The molecule has 170 valence electrons. The van der Waals surface area contributed by atoms with Gasteiger partial charge in [-0.2, -0.15) is 0 Å². The molecule has 5 nitrogen and oxygen atoms in total. The SMILES string of the molecule is CCOc1cccc(CNCCCNCCO)c1OCc1ccc(Cl)cc1Cl.Cl.Cl. The van der Waals surface area contributed by atoms with Gasteiger partial charge in [-0.3, -0.25) is 0 Å². The number of rotatable bonds is 13. The van der Waals surface area contributed by atoms with E-state index in [1.165, 1.54) is 0 Å². The van der Waals surface area contributed by atoms with Gasteiger partial charge in [0.25, 0.3) is 0 Å². The van der Waals surface area contributed by atoms with Gasteiger partial charge in [-0.05, 0) is 44.6 Å². The van der Waals surface area contributed by atoms with Crippen molar-refractivity contribution in [1.29, 1.82) is 0 Å². The normalized spacial score (nSPS) is 10.1. The fraction of sp³-hybridized carbons (Fsp3) is 0.429. The van der Waals surface area contributed by atoms with Crippen LogP contribution in [0.1, 0.15) is 24.5 Å². The highest BCUT2D eigenvalue weighted by molar-refractivity contribution is 6.35. The third kappa shape index (κ3) is 9.92. The first-order valence-corrected chi connectivity index (χ1v) is 10.2. The van der Waals surface area contributed by atoms with Crippen molar-refractivity contribution >= 4 is 48.0 Å². The molecule has 0 saturated heterocycles. The van der Waals surface area contributed by atoms with E-state index in [2.05, 4.69) is 10.6 Å². The van der Waals surface area contributed by atoms with Crippen LogP contribution in [0.25, 0.3) is 0 Å². The predicted octanol–water partition coefficient (Wildman–Crippen LogP) is 4.88. The van der Waals surface area contributed by atoms with E-state index in [9.17, 15) is 0 Å². The van der Waals surface area contributed by atoms with Crippen molar-refractivity contribution in [3.05, 3.63) is 57.6 Å². The van der Waals surface area contributed by atoms with Gasteiger partial charge in [0.05, 0.1) is 13.2 Å². The van der Waals surface area contributed by atoms with Crippen LogP contribution in [0.15, 0.2) is 36.4 Å². The van der Waals surface area contributed by atoms with Gasteiger partial charge in [0, 0.05) is 34.3 Å². The molecule has 3 N–H and O–H groups in total. The average Bonchev–Trinajstić information content (AvgIpc) is 2.68. The summed E-state index contributed by atoms with van der Waals surface area (Å²) in [6.45, 7) is 6.03. The number of halogens is 4. The van der Waals surface area contributed by atoms with Crippen molar-refractivity contribution in [1.82, 2.24) is 10.6 Å². The second kappa shape index (κ2) is 16.7. The van der Waals surface area contributed by atoms with Crippen molar-refractivity contribution in [2.45, 2.75) is 26.5 Å². The molecule has 0 amide bonds. The molecule has 0 spiro atoms. The molecule has 0 heterocycles. The summed E-state index contributed by atoms with van der Waals surface area (Å²) in [5.41, 5.74) is 1.89. The fourth-order valence-electron chi connectivity index (χ4n) is 2.69. The Hall–Kier alpha value is -0.920. The Morgan fingerprint density at radius 3 is 2.40 bits per heavy atom. The van der Waals surface area contributed by atoms with Gasteiger partial charge >= 0.3 is 0 Å². The maximum absolute atomic E-state index is 8.76. The lowest BCUT2D eigenvalue weighted by molar-refractivity contribution is 0.266. The molecule has 2 aromatic carbocycles. The zero-order valence-corrected chi connectivity index (χ0v) is 20.1. The van der Waals surface area contributed by atoms with Gasteiger partial charge in [0.15, 0.2) is 11.5 Å². The molecule has 30 heavy (non-hydrogen) atoms. The molecule has 9 heteroatoms. The van der Waals surface area contributed by atoms with Crippen molar-refractivity contribution in [2.24, 2.45) is 0 Å². The molecule has 0 unspecified atom stereocenters. The van der Waals surface area contributed by atoms with Gasteiger partial charge in [-0.1, -0.05) is 41.4 Å². The number of aliphatic hydroxyl groups excluding tert-OH is 1. The Morgan fingerprint density at radius 1 is 0.933 bits per heavy atom. The number of hydrogen-bond acceptors (Lipinski definition) is 5. The van der Waals surface area contributed by atoms with Gasteiger partial charge in [0.2, 0.25) is 0 Å². The second-order valence-corrected chi connectivity index (χ2v) is 7.05. The summed E-state index contributed by atoms with van der Waals surface area (Å²) >= 11 is 12.2. The number of nitrogens with one attached hydrogen (secondary N) is 2. The van der Waals surface area contributed by atoms with Gasteiger partial charge in [0.1, 0.15) is 6.61 Å². The van der Waals surface area contributed by atoms with E-state index in [-0.39, 0.29) is 31.4 Å². The first-order chi connectivity index (χ1) is 13.7. The molecule has 0 saturated carbocycles. The molecule has 0 bridgehead atoms. The number of hydrogen-bond donors (Lipinski definition) is 3. The van der Waals surface area contributed by atoms with Crippen molar-refractivity contribution < 1.29 is 14.6 Å². The number of aliphatic hydroxyl groups is 1. The van der Waals surface area contributed by atoms with Crippen LogP contribution >= 0.6 is 48.0 Å². The maximum Gasteiger partial charge on any atom is 0.166 e. The van der Waals surface area contributed by atoms with Crippen LogP contribution in [-0.4, -0.2) is 38.0 Å². The van der Waals surface area contributed by atoms with E-state index >= 15 is 0 Å². The van der Waals surface area contributed by atoms with Gasteiger partial charge in [-0.25, -0.2) is 0 Å². The third-order valence-corrected chi connectivity index (χ3v) is 4.65. The Balaban J connectivity index is 0.00000420. The standard InChI is InChI=1S/C21H28Cl2N2O3.2ClH/c1-2-27-20-6-3-5-16(14-25-10-4-9-24-11-12-26)21(20)28-15-17-7-8-18(22)13-19(17)23;;/h3,5-8,13,24-26H,2,4,9-12,14-15H2,1H3;2*1H. The Bertz CT molecular complexity index is 735. The van der Waals surface area contributed by atoms with Crippen LogP contribution in [0.3, 0.4) is 0 Å². The van der Waals surface area contributed by atoms with E-state index in [0.29, 0.717) is 36.3 Å². The van der Waals surface area contributed by atoms with Crippen LogP contribution in [0.2, 0.25) is 10.0 Å². The maximum atomic E-state index is 8.76. The lowest BCUT2D eigenvalue weighted by Gasteiger charge is -2.17. The summed E-state index contributed by atoms with van der Waals surface area (Å²) in [6.07, 6.45) is 0.974. The summed E-state index contributed by atoms with van der Waals surface area (Å²) in [6, 6.07) is 11.3. The fourth-order valence-corrected chi connectivity index (χ4v) is 3.15. The molecular weight excluding hydrogens is 470 g/mol. The molecule has 2 aromatic rings. The summed E-state index contributed by atoms with van der Waals surface area (Å²) in [5, 5.41) is 16.5. The number of ether oxygens (including phenoxy) is 2. The molecule has 0 aliphatic carbocycles. The highest BCUT2D eigenvalue weighted by atomic mass is 35.5. The van der Waals surface area contributed by atoms with Crippen molar-refractivity contribution in [2.75, 3.05) is 32.8 Å². The van der Waals surface area contributed by atoms with Crippen LogP contribution in [0.5, 0.6) is 11.5 Å². The number of benzene rings is 2. The zero-order valence-electron chi connectivity index (χ0n) is 17.0. The monoisotopic (exact) mass is 498 g/mol. The minimum absolute atomic E-state index is 0. The van der Waals surface area contributed by atoms with E-state index in [0.717, 1.165) is 42.1 Å². The highest BCUT2D eigenvalue weighted by Crippen LogP contribution is 2.33.